The normalized spacial score (nSPS) is 11.7. The average Bonchev–Trinajstić information content (AvgIpc) is 2.13. The van der Waals surface area contributed by atoms with Crippen LogP contribution in [0, 0.1) is 11.2 Å². The van der Waals surface area contributed by atoms with E-state index in [1.54, 1.807) is 12.1 Å². The van der Waals surface area contributed by atoms with Gasteiger partial charge in [-0.05, 0) is 23.5 Å². The molecule has 0 aliphatic heterocycles. The van der Waals surface area contributed by atoms with Gasteiger partial charge in [-0.2, -0.15) is 0 Å². The van der Waals surface area contributed by atoms with Crippen LogP contribution < -0.4 is 0 Å². The highest BCUT2D eigenvalue weighted by Crippen LogP contribution is 2.28. The van der Waals surface area contributed by atoms with Gasteiger partial charge in [0.25, 0.3) is 0 Å². The third-order valence-electron chi connectivity index (χ3n) is 2.17. The highest BCUT2D eigenvalue weighted by molar-refractivity contribution is 5.34. The molecule has 1 rings (SSSR count). The van der Waals surface area contributed by atoms with Crippen molar-refractivity contribution in [3.05, 3.63) is 29.6 Å². The first kappa shape index (κ1) is 11.0. The van der Waals surface area contributed by atoms with E-state index >= 15 is 0 Å². The Morgan fingerprint density at radius 3 is 2.57 bits per heavy atom. The summed E-state index contributed by atoms with van der Waals surface area (Å²) in [6.45, 7) is 3.72. The van der Waals surface area contributed by atoms with Crippen molar-refractivity contribution in [3.8, 4) is 5.75 Å². The van der Waals surface area contributed by atoms with Gasteiger partial charge in [0.2, 0.25) is 0 Å². The molecule has 1 aromatic carbocycles. The van der Waals surface area contributed by atoms with E-state index in [2.05, 4.69) is 0 Å². The third-order valence-corrected chi connectivity index (χ3v) is 2.17. The molecule has 0 aromatic heterocycles. The topological polar surface area (TPSA) is 40.5 Å². The zero-order valence-electron chi connectivity index (χ0n) is 8.42. The number of phenols is 1. The fourth-order valence-corrected chi connectivity index (χ4v) is 1.27. The predicted octanol–water partition coefficient (Wildman–Crippen LogP) is 2.09. The van der Waals surface area contributed by atoms with Gasteiger partial charge in [-0.25, -0.2) is 4.39 Å². The van der Waals surface area contributed by atoms with Crippen LogP contribution in [0.15, 0.2) is 18.2 Å². The monoisotopic (exact) mass is 198 g/mol. The minimum atomic E-state index is -0.615. The van der Waals surface area contributed by atoms with Gasteiger partial charge in [0.15, 0.2) is 11.6 Å². The maximum absolute atomic E-state index is 12.9. The van der Waals surface area contributed by atoms with Gasteiger partial charge in [-0.15, -0.1) is 0 Å². The van der Waals surface area contributed by atoms with Crippen LogP contribution in [-0.2, 0) is 6.42 Å². The number of aliphatic hydroxyl groups excluding tert-OH is 1. The number of aromatic hydroxyl groups is 1. The van der Waals surface area contributed by atoms with E-state index in [-0.39, 0.29) is 17.8 Å². The second-order valence-electron chi connectivity index (χ2n) is 4.25. The number of benzene rings is 1. The van der Waals surface area contributed by atoms with Crippen LogP contribution in [0.5, 0.6) is 5.75 Å². The van der Waals surface area contributed by atoms with E-state index in [1.165, 1.54) is 6.07 Å². The summed E-state index contributed by atoms with van der Waals surface area (Å²) in [5.74, 6) is -0.926. The van der Waals surface area contributed by atoms with Crippen molar-refractivity contribution in [1.29, 1.82) is 0 Å². The van der Waals surface area contributed by atoms with Gasteiger partial charge in [0.1, 0.15) is 0 Å². The minimum Gasteiger partial charge on any atom is -0.505 e. The maximum Gasteiger partial charge on any atom is 0.165 e. The molecule has 0 atom stereocenters. The smallest absolute Gasteiger partial charge is 0.165 e. The summed E-state index contributed by atoms with van der Waals surface area (Å²) in [6.07, 6.45) is 0.451. The Bertz CT molecular complexity index is 321. The Balaban J connectivity index is 2.92. The average molecular weight is 198 g/mol. The summed E-state index contributed by atoms with van der Waals surface area (Å²) in [7, 11) is 0. The SMILES string of the molecule is CC(C)(CO)Cc1cccc(F)c1O. The van der Waals surface area contributed by atoms with Crippen molar-refractivity contribution in [2.75, 3.05) is 6.61 Å². The Labute approximate surface area is 83.0 Å². The molecule has 0 heterocycles. The summed E-state index contributed by atoms with van der Waals surface area (Å²) >= 11 is 0. The number of aliphatic hydroxyl groups is 1. The fourth-order valence-electron chi connectivity index (χ4n) is 1.27. The van der Waals surface area contributed by atoms with E-state index in [4.69, 9.17) is 5.11 Å². The largest absolute Gasteiger partial charge is 0.505 e. The number of para-hydroxylation sites is 1. The number of hydrogen-bond donors (Lipinski definition) is 2. The van der Waals surface area contributed by atoms with Crippen molar-refractivity contribution in [1.82, 2.24) is 0 Å². The Hall–Kier alpha value is -1.09. The van der Waals surface area contributed by atoms with E-state index in [9.17, 15) is 9.50 Å². The van der Waals surface area contributed by atoms with Crippen LogP contribution in [0.1, 0.15) is 19.4 Å². The van der Waals surface area contributed by atoms with Crippen molar-refractivity contribution in [3.63, 3.8) is 0 Å². The number of rotatable bonds is 3. The number of phenolic OH excluding ortho intramolecular Hbond substituents is 1. The van der Waals surface area contributed by atoms with Crippen LogP contribution >= 0.6 is 0 Å². The van der Waals surface area contributed by atoms with Crippen LogP contribution in [0.3, 0.4) is 0 Å². The summed E-state index contributed by atoms with van der Waals surface area (Å²) in [4.78, 5) is 0. The number of hydrogen-bond acceptors (Lipinski definition) is 2. The van der Waals surface area contributed by atoms with Crippen molar-refractivity contribution >= 4 is 0 Å². The highest BCUT2D eigenvalue weighted by Gasteiger charge is 2.19. The molecule has 14 heavy (non-hydrogen) atoms. The molecule has 3 heteroatoms. The van der Waals surface area contributed by atoms with Gasteiger partial charge >= 0.3 is 0 Å². The summed E-state index contributed by atoms with van der Waals surface area (Å²) in [5.41, 5.74) is 0.190. The number of halogens is 1. The van der Waals surface area contributed by atoms with Crippen LogP contribution in [-0.4, -0.2) is 16.8 Å². The molecule has 0 aliphatic carbocycles. The van der Waals surface area contributed by atoms with Gasteiger partial charge in [0.05, 0.1) is 0 Å². The first-order valence-electron chi connectivity index (χ1n) is 4.53. The third kappa shape index (κ3) is 2.45. The summed E-state index contributed by atoms with van der Waals surface area (Å²) < 4.78 is 12.9. The fraction of sp³-hybridized carbons (Fsp3) is 0.455. The van der Waals surface area contributed by atoms with Gasteiger partial charge in [0, 0.05) is 6.61 Å². The molecule has 0 amide bonds. The van der Waals surface area contributed by atoms with Crippen LogP contribution in [0.2, 0.25) is 0 Å². The zero-order chi connectivity index (χ0) is 10.8. The lowest BCUT2D eigenvalue weighted by molar-refractivity contribution is 0.158. The van der Waals surface area contributed by atoms with Gasteiger partial charge < -0.3 is 10.2 Å². The minimum absolute atomic E-state index is 0.00293. The molecule has 2 N–H and O–H groups in total. The molecule has 1 aromatic rings. The second kappa shape index (κ2) is 3.96. The zero-order valence-corrected chi connectivity index (χ0v) is 8.42. The Morgan fingerprint density at radius 2 is 2.00 bits per heavy atom. The molecule has 0 fully saturated rings. The highest BCUT2D eigenvalue weighted by atomic mass is 19.1. The van der Waals surface area contributed by atoms with Crippen LogP contribution in [0.4, 0.5) is 4.39 Å². The first-order chi connectivity index (χ1) is 6.46. The summed E-state index contributed by atoms with van der Waals surface area (Å²) in [5, 5.41) is 18.4. The lowest BCUT2D eigenvalue weighted by atomic mass is 9.86. The van der Waals surface area contributed by atoms with Gasteiger partial charge in [-0.1, -0.05) is 26.0 Å². The second-order valence-corrected chi connectivity index (χ2v) is 4.25. The standard InChI is InChI=1S/C11H15FO2/c1-11(2,7-13)6-8-4-3-5-9(12)10(8)14/h3-5,13-14H,6-7H2,1-2H3. The molecule has 78 valence electrons. The van der Waals surface area contributed by atoms with E-state index in [0.29, 0.717) is 12.0 Å². The Morgan fingerprint density at radius 1 is 1.36 bits per heavy atom. The van der Waals surface area contributed by atoms with Crippen molar-refractivity contribution < 1.29 is 14.6 Å². The van der Waals surface area contributed by atoms with Crippen molar-refractivity contribution in [2.24, 2.45) is 5.41 Å². The lowest BCUT2D eigenvalue weighted by Crippen LogP contribution is -2.19. The van der Waals surface area contributed by atoms with E-state index < -0.39 is 5.82 Å². The molecular weight excluding hydrogens is 183 g/mol. The quantitative estimate of drug-likeness (QED) is 0.780. The van der Waals surface area contributed by atoms with E-state index in [1.807, 2.05) is 13.8 Å². The molecule has 0 saturated carbocycles. The van der Waals surface area contributed by atoms with Crippen molar-refractivity contribution in [2.45, 2.75) is 20.3 Å². The molecule has 0 unspecified atom stereocenters. The molecular formula is C11H15FO2. The predicted molar refractivity (Wildman–Crippen MR) is 52.6 cm³/mol. The van der Waals surface area contributed by atoms with Crippen LogP contribution in [0.25, 0.3) is 0 Å². The molecule has 0 spiro atoms. The molecule has 0 radical (unpaired) electrons. The van der Waals surface area contributed by atoms with Gasteiger partial charge in [-0.3, -0.25) is 0 Å². The maximum atomic E-state index is 12.9. The summed E-state index contributed by atoms with van der Waals surface area (Å²) in [6, 6.07) is 4.43. The molecule has 0 bridgehead atoms. The lowest BCUT2D eigenvalue weighted by Gasteiger charge is -2.21. The molecule has 0 aliphatic rings. The van der Waals surface area contributed by atoms with E-state index in [0.717, 1.165) is 0 Å². The Kier molecular flexibility index (Phi) is 3.11. The molecule has 2 nitrogen and oxygen atoms in total. The molecule has 0 saturated heterocycles. The first-order valence-corrected chi connectivity index (χ1v) is 4.53.